The van der Waals surface area contributed by atoms with Crippen LogP contribution in [0.4, 0.5) is 11.4 Å². The van der Waals surface area contributed by atoms with Gasteiger partial charge in [0.25, 0.3) is 0 Å². The molecule has 2 heterocycles. The Morgan fingerprint density at radius 2 is 1.94 bits per heavy atom. The van der Waals surface area contributed by atoms with Crippen LogP contribution in [0.3, 0.4) is 0 Å². The Kier molecular flexibility index (Phi) is 6.00. The molecule has 0 amide bonds. The van der Waals surface area contributed by atoms with E-state index in [1.54, 1.807) is 26.1 Å². The van der Waals surface area contributed by atoms with Crippen molar-refractivity contribution in [1.29, 1.82) is 0 Å². The number of nitrogen functional groups attached to an aromatic ring is 1. The number of fused-ring (bicyclic) bond motifs is 1. The van der Waals surface area contributed by atoms with Crippen molar-refractivity contribution in [2.45, 2.75) is 37.5 Å². The SMILES string of the molecule is COC(OC)[C@@]1(C)Oc2ccc(N)cc2[C@H](N(Cc2nnn(C)n2)c2ccccc2)[C@H]1O. The number of hydrogen-bond acceptors (Lipinski definition) is 9. The summed E-state index contributed by atoms with van der Waals surface area (Å²) in [5, 5.41) is 24.2. The molecule has 0 bridgehead atoms. The monoisotopic (exact) mass is 440 g/mol. The van der Waals surface area contributed by atoms with Crippen LogP contribution in [0.15, 0.2) is 48.5 Å². The molecule has 0 saturated carbocycles. The summed E-state index contributed by atoms with van der Waals surface area (Å²) in [5.41, 5.74) is 7.09. The first-order valence-corrected chi connectivity index (χ1v) is 10.2. The average Bonchev–Trinajstić information content (AvgIpc) is 3.20. The summed E-state index contributed by atoms with van der Waals surface area (Å²) in [4.78, 5) is 3.42. The largest absolute Gasteiger partial charge is 0.479 e. The number of para-hydroxylation sites is 1. The van der Waals surface area contributed by atoms with E-state index in [-0.39, 0.29) is 0 Å². The molecule has 10 nitrogen and oxygen atoms in total. The third-order valence-corrected chi connectivity index (χ3v) is 5.75. The third-order valence-electron chi connectivity index (χ3n) is 5.75. The number of nitrogens with two attached hydrogens (primary N) is 1. The van der Waals surface area contributed by atoms with E-state index in [9.17, 15) is 5.11 Å². The summed E-state index contributed by atoms with van der Waals surface area (Å²) < 4.78 is 17.3. The number of methoxy groups -OCH3 is 2. The smallest absolute Gasteiger partial charge is 0.199 e. The molecule has 32 heavy (non-hydrogen) atoms. The number of benzene rings is 2. The van der Waals surface area contributed by atoms with Gasteiger partial charge in [-0.1, -0.05) is 18.2 Å². The summed E-state index contributed by atoms with van der Waals surface area (Å²) in [5.74, 6) is 1.10. The van der Waals surface area contributed by atoms with E-state index in [1.165, 1.54) is 19.0 Å². The quantitative estimate of drug-likeness (QED) is 0.417. The first kappa shape index (κ1) is 22.0. The maximum atomic E-state index is 11.7. The lowest BCUT2D eigenvalue weighted by molar-refractivity contribution is -0.237. The summed E-state index contributed by atoms with van der Waals surface area (Å²) >= 11 is 0. The van der Waals surface area contributed by atoms with Crippen LogP contribution in [-0.4, -0.2) is 57.5 Å². The summed E-state index contributed by atoms with van der Waals surface area (Å²) in [6.45, 7) is 2.07. The molecular weight excluding hydrogens is 412 g/mol. The van der Waals surface area contributed by atoms with Gasteiger partial charge < -0.3 is 30.0 Å². The van der Waals surface area contributed by atoms with Crippen molar-refractivity contribution in [3.8, 4) is 5.75 Å². The zero-order valence-electron chi connectivity index (χ0n) is 18.5. The molecule has 1 aliphatic rings. The van der Waals surface area contributed by atoms with Crippen LogP contribution in [0.25, 0.3) is 0 Å². The Bertz CT molecular complexity index is 1060. The molecule has 2 aromatic carbocycles. The van der Waals surface area contributed by atoms with Gasteiger partial charge in [0.05, 0.1) is 19.6 Å². The molecular formula is C22H28N6O4. The predicted molar refractivity (Wildman–Crippen MR) is 118 cm³/mol. The van der Waals surface area contributed by atoms with Gasteiger partial charge in [0.15, 0.2) is 17.7 Å². The number of ether oxygens (including phenoxy) is 3. The fraction of sp³-hybridized carbons (Fsp3) is 0.409. The number of hydrogen-bond donors (Lipinski definition) is 2. The number of aromatic nitrogens is 4. The van der Waals surface area contributed by atoms with Crippen LogP contribution >= 0.6 is 0 Å². The Balaban J connectivity index is 1.88. The molecule has 3 atom stereocenters. The lowest BCUT2D eigenvalue weighted by Crippen LogP contribution is -2.62. The minimum absolute atomic E-state index is 0.300. The Morgan fingerprint density at radius 3 is 2.56 bits per heavy atom. The van der Waals surface area contributed by atoms with Crippen molar-refractivity contribution in [2.24, 2.45) is 7.05 Å². The van der Waals surface area contributed by atoms with Gasteiger partial charge in [0, 0.05) is 31.2 Å². The fourth-order valence-corrected chi connectivity index (χ4v) is 4.27. The van der Waals surface area contributed by atoms with Crippen molar-refractivity contribution in [3.05, 3.63) is 59.9 Å². The van der Waals surface area contributed by atoms with E-state index in [0.717, 1.165) is 11.3 Å². The van der Waals surface area contributed by atoms with E-state index < -0.39 is 24.0 Å². The first-order valence-electron chi connectivity index (χ1n) is 10.2. The highest BCUT2D eigenvalue weighted by Crippen LogP contribution is 2.47. The highest BCUT2D eigenvalue weighted by Gasteiger charge is 2.54. The van der Waals surface area contributed by atoms with Crippen LogP contribution in [-0.2, 0) is 23.1 Å². The van der Waals surface area contributed by atoms with E-state index >= 15 is 0 Å². The van der Waals surface area contributed by atoms with E-state index in [4.69, 9.17) is 19.9 Å². The summed E-state index contributed by atoms with van der Waals surface area (Å²) in [7, 11) is 4.74. The van der Waals surface area contributed by atoms with Gasteiger partial charge in [-0.15, -0.1) is 10.2 Å². The summed E-state index contributed by atoms with van der Waals surface area (Å²) in [6.07, 6.45) is -1.88. The normalized spacial score (nSPS) is 22.4. The molecule has 170 valence electrons. The van der Waals surface area contributed by atoms with E-state index in [1.807, 2.05) is 41.3 Å². The summed E-state index contributed by atoms with van der Waals surface area (Å²) in [6, 6.07) is 14.6. The van der Waals surface area contributed by atoms with Crippen LogP contribution in [0.5, 0.6) is 5.75 Å². The van der Waals surface area contributed by atoms with Crippen molar-refractivity contribution in [3.63, 3.8) is 0 Å². The van der Waals surface area contributed by atoms with Crippen LogP contribution < -0.4 is 15.4 Å². The lowest BCUT2D eigenvalue weighted by atomic mass is 9.83. The number of aliphatic hydroxyl groups is 1. The number of aryl methyl sites for hydroxylation is 1. The molecule has 1 aliphatic heterocycles. The van der Waals surface area contributed by atoms with Gasteiger partial charge in [0.1, 0.15) is 11.9 Å². The van der Waals surface area contributed by atoms with Crippen LogP contribution in [0.1, 0.15) is 24.4 Å². The van der Waals surface area contributed by atoms with Gasteiger partial charge in [0.2, 0.25) is 0 Å². The van der Waals surface area contributed by atoms with Crippen molar-refractivity contribution >= 4 is 11.4 Å². The van der Waals surface area contributed by atoms with Crippen LogP contribution in [0, 0.1) is 0 Å². The molecule has 0 aliphatic carbocycles. The number of aliphatic hydroxyl groups excluding tert-OH is 1. The second-order valence-electron chi connectivity index (χ2n) is 7.93. The fourth-order valence-electron chi connectivity index (χ4n) is 4.27. The Morgan fingerprint density at radius 1 is 1.22 bits per heavy atom. The molecule has 1 aromatic heterocycles. The zero-order chi connectivity index (χ0) is 22.9. The molecule has 0 fully saturated rings. The molecule has 3 aromatic rings. The number of tetrazole rings is 1. The minimum Gasteiger partial charge on any atom is -0.479 e. The second-order valence-corrected chi connectivity index (χ2v) is 7.93. The molecule has 0 radical (unpaired) electrons. The number of anilines is 2. The van der Waals surface area contributed by atoms with Crippen molar-refractivity contribution in [1.82, 2.24) is 20.2 Å². The van der Waals surface area contributed by atoms with Gasteiger partial charge in [-0.3, -0.25) is 0 Å². The molecule has 3 N–H and O–H groups in total. The van der Waals surface area contributed by atoms with Gasteiger partial charge >= 0.3 is 0 Å². The average molecular weight is 441 g/mol. The predicted octanol–water partition coefficient (Wildman–Crippen LogP) is 1.67. The molecule has 4 rings (SSSR count). The second kappa shape index (κ2) is 8.73. The Hall–Kier alpha value is -3.21. The molecule has 0 saturated heterocycles. The highest BCUT2D eigenvalue weighted by molar-refractivity contribution is 5.57. The molecule has 0 spiro atoms. The maximum Gasteiger partial charge on any atom is 0.199 e. The lowest BCUT2D eigenvalue weighted by Gasteiger charge is -2.49. The van der Waals surface area contributed by atoms with Gasteiger partial charge in [-0.05, 0) is 42.5 Å². The van der Waals surface area contributed by atoms with Crippen molar-refractivity contribution < 1.29 is 19.3 Å². The topological polar surface area (TPSA) is 121 Å². The van der Waals surface area contributed by atoms with E-state index in [2.05, 4.69) is 15.4 Å². The first-order chi connectivity index (χ1) is 15.4. The maximum absolute atomic E-state index is 11.7. The van der Waals surface area contributed by atoms with Gasteiger partial charge in [-0.2, -0.15) is 4.80 Å². The van der Waals surface area contributed by atoms with E-state index in [0.29, 0.717) is 23.8 Å². The van der Waals surface area contributed by atoms with Gasteiger partial charge in [-0.25, -0.2) is 0 Å². The molecule has 10 heteroatoms. The Labute approximate surface area is 186 Å². The molecule has 0 unspecified atom stereocenters. The van der Waals surface area contributed by atoms with Crippen LogP contribution in [0.2, 0.25) is 0 Å². The third kappa shape index (κ3) is 3.88. The minimum atomic E-state index is -1.21. The zero-order valence-corrected chi connectivity index (χ0v) is 18.5. The standard InChI is InChI=1S/C22H28N6O4/c1-22(21(30-3)31-4)20(29)19(16-12-14(23)10-11-17(16)32-22)28(15-8-6-5-7-9-15)13-18-24-26-27(2)25-18/h5-12,19-21,29H,13,23H2,1-4H3/t19-,20+,22-/m0/s1. The number of nitrogens with zero attached hydrogens (tertiary/aromatic N) is 5. The highest BCUT2D eigenvalue weighted by atomic mass is 16.7. The number of rotatable bonds is 7. The van der Waals surface area contributed by atoms with Crippen molar-refractivity contribution in [2.75, 3.05) is 24.9 Å².